The number of carbonyl (C=O) groups excluding carboxylic acids is 2. The molecule has 2 aliphatic heterocycles. The van der Waals surface area contributed by atoms with E-state index in [1.165, 1.54) is 10.5 Å². The van der Waals surface area contributed by atoms with Crippen LogP contribution in [-0.2, 0) is 0 Å². The molecule has 2 unspecified atom stereocenters. The van der Waals surface area contributed by atoms with E-state index in [9.17, 15) is 9.59 Å². The molecule has 46 heavy (non-hydrogen) atoms. The van der Waals surface area contributed by atoms with Gasteiger partial charge in [0.15, 0.2) is 11.5 Å². The third kappa shape index (κ3) is 6.25. The van der Waals surface area contributed by atoms with Gasteiger partial charge in [-0.3, -0.25) is 19.4 Å². The Labute approximate surface area is 270 Å². The SMILES string of the molecule is COc1ccc(C(CCCNc2ncccn2)N2C(=O)c3cccc(N4CCN(C(C)c5ccccc5)CC4)c3C2=O)cc1OC. The minimum Gasteiger partial charge on any atom is -0.493 e. The van der Waals surface area contributed by atoms with Gasteiger partial charge in [-0.05, 0) is 61.2 Å². The number of piperazine rings is 1. The number of fused-ring (bicyclic) bond motifs is 1. The summed E-state index contributed by atoms with van der Waals surface area (Å²) in [5.41, 5.74) is 3.84. The van der Waals surface area contributed by atoms with Gasteiger partial charge < -0.3 is 19.7 Å². The molecular formula is C36H40N6O4. The quantitative estimate of drug-likeness (QED) is 0.160. The molecule has 238 valence electrons. The number of anilines is 2. The lowest BCUT2D eigenvalue weighted by molar-refractivity contribution is 0.0572. The van der Waals surface area contributed by atoms with E-state index >= 15 is 0 Å². The first-order valence-corrected chi connectivity index (χ1v) is 15.8. The Kier molecular flexibility index (Phi) is 9.44. The molecule has 6 rings (SSSR count). The van der Waals surface area contributed by atoms with Crippen molar-refractivity contribution >= 4 is 23.5 Å². The lowest BCUT2D eigenvalue weighted by Gasteiger charge is -2.39. The molecule has 10 nitrogen and oxygen atoms in total. The minimum atomic E-state index is -0.512. The zero-order valence-electron chi connectivity index (χ0n) is 26.6. The van der Waals surface area contributed by atoms with Crippen LogP contribution < -0.4 is 19.7 Å². The van der Waals surface area contributed by atoms with Crippen LogP contribution in [0.2, 0.25) is 0 Å². The smallest absolute Gasteiger partial charge is 0.264 e. The van der Waals surface area contributed by atoms with Gasteiger partial charge in [0.05, 0.1) is 37.1 Å². The highest BCUT2D eigenvalue weighted by molar-refractivity contribution is 6.24. The number of amides is 2. The molecule has 1 N–H and O–H groups in total. The number of nitrogens with one attached hydrogen (secondary N) is 1. The Balaban J connectivity index is 1.24. The second-order valence-corrected chi connectivity index (χ2v) is 11.6. The molecule has 0 aliphatic carbocycles. The van der Waals surface area contributed by atoms with Crippen LogP contribution in [0.25, 0.3) is 0 Å². The average Bonchev–Trinajstić information content (AvgIpc) is 3.37. The highest BCUT2D eigenvalue weighted by atomic mass is 16.5. The molecule has 3 aromatic carbocycles. The summed E-state index contributed by atoms with van der Waals surface area (Å²) >= 11 is 0. The standard InChI is InChI=1S/C36H40N6O4/c1-25(26-10-5-4-6-11-26)40-20-22-41(23-21-40)30-13-7-12-28-33(30)35(44)42(34(28)43)29(14-8-17-37-36-38-18-9-19-39-36)27-15-16-31(45-2)32(24-27)46-3/h4-7,9-13,15-16,18-19,24-25,29H,8,14,17,20-23H2,1-3H3,(H,37,38,39). The molecule has 2 aliphatic rings. The first-order valence-electron chi connectivity index (χ1n) is 15.8. The monoisotopic (exact) mass is 620 g/mol. The van der Waals surface area contributed by atoms with E-state index in [4.69, 9.17) is 9.47 Å². The van der Waals surface area contributed by atoms with Crippen LogP contribution in [0.1, 0.15) is 63.7 Å². The van der Waals surface area contributed by atoms with Crippen molar-refractivity contribution in [3.8, 4) is 11.5 Å². The number of benzene rings is 3. The van der Waals surface area contributed by atoms with E-state index in [1.807, 2.05) is 36.4 Å². The van der Waals surface area contributed by atoms with E-state index in [2.05, 4.69) is 56.3 Å². The Hall–Kier alpha value is -4.96. The van der Waals surface area contributed by atoms with Gasteiger partial charge in [-0.25, -0.2) is 9.97 Å². The average molecular weight is 621 g/mol. The molecule has 1 fully saturated rings. The van der Waals surface area contributed by atoms with E-state index in [1.54, 1.807) is 38.7 Å². The fourth-order valence-corrected chi connectivity index (χ4v) is 6.52. The van der Waals surface area contributed by atoms with Gasteiger partial charge in [0.25, 0.3) is 11.8 Å². The second-order valence-electron chi connectivity index (χ2n) is 11.6. The van der Waals surface area contributed by atoms with Crippen LogP contribution in [0.3, 0.4) is 0 Å². The lowest BCUT2D eigenvalue weighted by atomic mass is 9.99. The summed E-state index contributed by atoms with van der Waals surface area (Å²) < 4.78 is 11.0. The molecule has 0 spiro atoms. The van der Waals surface area contributed by atoms with Crippen molar-refractivity contribution in [2.75, 3.05) is 57.2 Å². The summed E-state index contributed by atoms with van der Waals surface area (Å²) in [5, 5.41) is 3.23. The maximum Gasteiger partial charge on any atom is 0.264 e. The highest BCUT2D eigenvalue weighted by Crippen LogP contribution is 2.40. The number of imide groups is 1. The molecule has 1 saturated heterocycles. The summed E-state index contributed by atoms with van der Waals surface area (Å²) in [6.45, 7) is 6.06. The second kappa shape index (κ2) is 14.0. The van der Waals surface area contributed by atoms with Crippen LogP contribution in [0.4, 0.5) is 11.6 Å². The topological polar surface area (TPSA) is 100 Å². The summed E-state index contributed by atoms with van der Waals surface area (Å²) in [6.07, 6.45) is 4.56. The molecule has 0 radical (unpaired) electrons. The maximum absolute atomic E-state index is 14.4. The first-order chi connectivity index (χ1) is 22.5. The fraction of sp³-hybridized carbons (Fsp3) is 0.333. The van der Waals surface area contributed by atoms with Gasteiger partial charge >= 0.3 is 0 Å². The van der Waals surface area contributed by atoms with E-state index in [-0.39, 0.29) is 11.8 Å². The Morgan fingerprint density at radius 1 is 0.804 bits per heavy atom. The maximum atomic E-state index is 14.4. The molecule has 0 bridgehead atoms. The van der Waals surface area contributed by atoms with Crippen molar-refractivity contribution in [3.05, 3.63) is 107 Å². The van der Waals surface area contributed by atoms with E-state index in [0.29, 0.717) is 54.0 Å². The number of nitrogens with zero attached hydrogens (tertiary/aromatic N) is 5. The normalized spacial score (nSPS) is 16.2. The van der Waals surface area contributed by atoms with Gasteiger partial charge in [0.2, 0.25) is 5.95 Å². The van der Waals surface area contributed by atoms with Crippen LogP contribution >= 0.6 is 0 Å². The first kappa shape index (κ1) is 31.0. The number of rotatable bonds is 12. The van der Waals surface area contributed by atoms with Crippen LogP contribution in [0.15, 0.2) is 85.2 Å². The fourth-order valence-electron chi connectivity index (χ4n) is 6.52. The van der Waals surface area contributed by atoms with Crippen LogP contribution in [-0.4, -0.2) is 78.5 Å². The van der Waals surface area contributed by atoms with Crippen molar-refractivity contribution in [2.24, 2.45) is 0 Å². The van der Waals surface area contributed by atoms with Gasteiger partial charge in [-0.2, -0.15) is 0 Å². The lowest BCUT2D eigenvalue weighted by Crippen LogP contribution is -2.47. The van der Waals surface area contributed by atoms with Gasteiger partial charge in [-0.1, -0.05) is 42.5 Å². The predicted molar refractivity (Wildman–Crippen MR) is 178 cm³/mol. The Bertz CT molecular complexity index is 1660. The van der Waals surface area contributed by atoms with E-state index < -0.39 is 6.04 Å². The number of hydrogen-bond donors (Lipinski definition) is 1. The van der Waals surface area contributed by atoms with Crippen LogP contribution in [0, 0.1) is 0 Å². The molecule has 1 aromatic heterocycles. The largest absolute Gasteiger partial charge is 0.493 e. The summed E-state index contributed by atoms with van der Waals surface area (Å²) in [4.78, 5) is 43.0. The van der Waals surface area contributed by atoms with Crippen molar-refractivity contribution in [1.29, 1.82) is 0 Å². The number of hydrogen-bond acceptors (Lipinski definition) is 9. The molecule has 2 amide bonds. The van der Waals surface area contributed by atoms with Crippen molar-refractivity contribution in [3.63, 3.8) is 0 Å². The molecule has 0 saturated carbocycles. The summed E-state index contributed by atoms with van der Waals surface area (Å²) in [6, 6.07) is 23.3. The number of carbonyl (C=O) groups is 2. The van der Waals surface area contributed by atoms with E-state index in [0.717, 1.165) is 37.4 Å². The summed E-state index contributed by atoms with van der Waals surface area (Å²) in [5.74, 6) is 1.11. The van der Waals surface area contributed by atoms with Crippen molar-refractivity contribution < 1.29 is 19.1 Å². The predicted octanol–water partition coefficient (Wildman–Crippen LogP) is 5.61. The highest BCUT2D eigenvalue weighted by Gasteiger charge is 2.43. The van der Waals surface area contributed by atoms with Gasteiger partial charge in [0, 0.05) is 51.2 Å². The Morgan fingerprint density at radius 2 is 1.54 bits per heavy atom. The number of aromatic nitrogens is 2. The zero-order chi connectivity index (χ0) is 32.0. The molecule has 10 heteroatoms. The zero-order valence-corrected chi connectivity index (χ0v) is 26.6. The molecule has 2 atom stereocenters. The third-order valence-corrected chi connectivity index (χ3v) is 9.02. The molecule has 4 aromatic rings. The summed E-state index contributed by atoms with van der Waals surface area (Å²) in [7, 11) is 3.16. The Morgan fingerprint density at radius 3 is 2.26 bits per heavy atom. The molecule has 3 heterocycles. The number of ether oxygens (including phenoxy) is 2. The van der Waals surface area contributed by atoms with Crippen molar-refractivity contribution in [2.45, 2.75) is 31.8 Å². The molecular weight excluding hydrogens is 580 g/mol. The third-order valence-electron chi connectivity index (χ3n) is 9.02. The van der Waals surface area contributed by atoms with Gasteiger partial charge in [0.1, 0.15) is 0 Å². The number of methoxy groups -OCH3 is 2. The van der Waals surface area contributed by atoms with Crippen LogP contribution in [0.5, 0.6) is 11.5 Å². The van der Waals surface area contributed by atoms with Gasteiger partial charge in [-0.15, -0.1) is 0 Å². The minimum absolute atomic E-state index is 0.269. The van der Waals surface area contributed by atoms with Crippen molar-refractivity contribution in [1.82, 2.24) is 19.8 Å².